The summed E-state index contributed by atoms with van der Waals surface area (Å²) in [6.07, 6.45) is 2.59. The first-order chi connectivity index (χ1) is 11.9. The van der Waals surface area contributed by atoms with Gasteiger partial charge in [0.2, 0.25) is 0 Å². The van der Waals surface area contributed by atoms with Gasteiger partial charge in [-0.05, 0) is 32.0 Å². The maximum Gasteiger partial charge on any atom is 0.341 e. The highest BCUT2D eigenvalue weighted by molar-refractivity contribution is 7.90. The van der Waals surface area contributed by atoms with Crippen molar-refractivity contribution in [3.8, 4) is 0 Å². The first-order valence-corrected chi connectivity index (χ1v) is 9.33. The molecule has 0 unspecified atom stereocenters. The Bertz CT molecular complexity index is 1060. The van der Waals surface area contributed by atoms with Gasteiger partial charge in [0.25, 0.3) is 10.0 Å². The Balaban J connectivity index is 2.14. The second-order valence-corrected chi connectivity index (χ2v) is 7.57. The van der Waals surface area contributed by atoms with Crippen LogP contribution in [0.15, 0.2) is 47.6 Å². The Morgan fingerprint density at radius 3 is 2.56 bits per heavy atom. The van der Waals surface area contributed by atoms with Crippen LogP contribution in [-0.4, -0.2) is 30.0 Å². The van der Waals surface area contributed by atoms with E-state index in [1.807, 2.05) is 6.92 Å². The summed E-state index contributed by atoms with van der Waals surface area (Å²) in [4.78, 5) is 16.1. The summed E-state index contributed by atoms with van der Waals surface area (Å²) in [6.45, 7) is 3.76. The topological polar surface area (TPSA) is 78.3 Å². The van der Waals surface area contributed by atoms with Crippen molar-refractivity contribution in [3.05, 3.63) is 58.9 Å². The van der Waals surface area contributed by atoms with E-state index in [4.69, 9.17) is 16.3 Å². The molecule has 0 radical (unpaired) electrons. The van der Waals surface area contributed by atoms with Crippen molar-refractivity contribution in [2.45, 2.75) is 18.7 Å². The molecule has 3 aromatic rings. The van der Waals surface area contributed by atoms with Crippen LogP contribution in [0.3, 0.4) is 0 Å². The zero-order valence-corrected chi connectivity index (χ0v) is 15.1. The Morgan fingerprint density at radius 2 is 1.92 bits per heavy atom. The fourth-order valence-corrected chi connectivity index (χ4v) is 3.98. The number of halogens is 1. The number of benzene rings is 1. The number of fused-ring (bicyclic) bond motifs is 1. The molecule has 0 saturated heterocycles. The third kappa shape index (κ3) is 3.01. The molecule has 8 heteroatoms. The molecular formula is C17H15ClN2O4S. The van der Waals surface area contributed by atoms with Crippen LogP contribution in [0.1, 0.15) is 22.8 Å². The Labute approximate surface area is 150 Å². The molecule has 0 atom stereocenters. The van der Waals surface area contributed by atoms with E-state index in [2.05, 4.69) is 4.98 Å². The number of nitrogens with zero attached hydrogens (tertiary/aromatic N) is 2. The highest BCUT2D eigenvalue weighted by Crippen LogP contribution is 2.29. The minimum Gasteiger partial charge on any atom is -0.462 e. The predicted molar refractivity (Wildman–Crippen MR) is 94.5 cm³/mol. The Kier molecular flexibility index (Phi) is 4.53. The monoisotopic (exact) mass is 378 g/mol. The number of pyridine rings is 1. The average Bonchev–Trinajstić information content (AvgIpc) is 3.01. The van der Waals surface area contributed by atoms with Gasteiger partial charge in [-0.1, -0.05) is 29.3 Å². The largest absolute Gasteiger partial charge is 0.462 e. The van der Waals surface area contributed by atoms with E-state index in [9.17, 15) is 13.2 Å². The van der Waals surface area contributed by atoms with Crippen molar-refractivity contribution in [1.29, 1.82) is 0 Å². The van der Waals surface area contributed by atoms with Crippen LogP contribution < -0.4 is 0 Å². The lowest BCUT2D eigenvalue weighted by Gasteiger charge is -2.09. The molecule has 0 bridgehead atoms. The van der Waals surface area contributed by atoms with E-state index in [-0.39, 0.29) is 27.7 Å². The zero-order valence-electron chi connectivity index (χ0n) is 13.6. The number of aryl methyl sites for hydroxylation is 1. The fourth-order valence-electron chi connectivity index (χ4n) is 2.40. The van der Waals surface area contributed by atoms with Crippen molar-refractivity contribution in [3.63, 3.8) is 0 Å². The summed E-state index contributed by atoms with van der Waals surface area (Å²) in [5.74, 6) is -0.601. The summed E-state index contributed by atoms with van der Waals surface area (Å²) in [5, 5.41) is 0.476. The number of aromatic nitrogens is 2. The van der Waals surface area contributed by atoms with Crippen molar-refractivity contribution < 1.29 is 17.9 Å². The first-order valence-electron chi connectivity index (χ1n) is 7.51. The van der Waals surface area contributed by atoms with Crippen molar-refractivity contribution >= 4 is 38.6 Å². The van der Waals surface area contributed by atoms with Crippen LogP contribution in [0.5, 0.6) is 0 Å². The molecular weight excluding hydrogens is 364 g/mol. The van der Waals surface area contributed by atoms with Gasteiger partial charge in [-0.15, -0.1) is 0 Å². The van der Waals surface area contributed by atoms with Crippen LogP contribution in [0, 0.1) is 6.92 Å². The number of carbonyl (C=O) groups is 1. The van der Waals surface area contributed by atoms with E-state index in [1.54, 1.807) is 19.1 Å². The molecule has 0 fully saturated rings. The highest BCUT2D eigenvalue weighted by Gasteiger charge is 2.23. The van der Waals surface area contributed by atoms with E-state index in [1.165, 1.54) is 30.6 Å². The summed E-state index contributed by atoms with van der Waals surface area (Å²) in [5.41, 5.74) is 1.21. The molecule has 2 aromatic heterocycles. The van der Waals surface area contributed by atoms with Crippen molar-refractivity contribution in [2.24, 2.45) is 0 Å². The molecule has 0 aliphatic heterocycles. The van der Waals surface area contributed by atoms with E-state index in [0.717, 1.165) is 9.54 Å². The number of rotatable bonds is 4. The average molecular weight is 379 g/mol. The molecule has 2 heterocycles. The lowest BCUT2D eigenvalue weighted by atomic mass is 10.2. The lowest BCUT2D eigenvalue weighted by molar-refractivity contribution is 0.0526. The van der Waals surface area contributed by atoms with Gasteiger partial charge >= 0.3 is 5.97 Å². The SMILES string of the molecule is CCOC(=O)c1cnc2c(ccn2S(=O)(=O)c2ccc(C)cc2)c1Cl. The molecule has 3 rings (SSSR count). The summed E-state index contributed by atoms with van der Waals surface area (Å²) < 4.78 is 31.7. The standard InChI is InChI=1S/C17H15ClN2O4S/c1-3-24-17(21)14-10-19-16-13(15(14)18)8-9-20(16)25(22,23)12-6-4-11(2)5-7-12/h4-10H,3H2,1-2H3. The molecule has 25 heavy (non-hydrogen) atoms. The van der Waals surface area contributed by atoms with Crippen LogP contribution in [0.4, 0.5) is 0 Å². The molecule has 0 aliphatic carbocycles. The van der Waals surface area contributed by atoms with E-state index < -0.39 is 16.0 Å². The van der Waals surface area contributed by atoms with Crippen LogP contribution >= 0.6 is 11.6 Å². The van der Waals surface area contributed by atoms with E-state index >= 15 is 0 Å². The first kappa shape index (κ1) is 17.4. The molecule has 0 N–H and O–H groups in total. The van der Waals surface area contributed by atoms with Crippen molar-refractivity contribution in [1.82, 2.24) is 8.96 Å². The Hall–Kier alpha value is -2.38. The highest BCUT2D eigenvalue weighted by atomic mass is 35.5. The predicted octanol–water partition coefficient (Wildman–Crippen LogP) is 3.41. The molecule has 0 saturated carbocycles. The minimum absolute atomic E-state index is 0.0986. The summed E-state index contributed by atoms with van der Waals surface area (Å²) in [7, 11) is -3.82. The third-order valence-electron chi connectivity index (χ3n) is 3.69. The zero-order chi connectivity index (χ0) is 18.2. The minimum atomic E-state index is -3.82. The molecule has 130 valence electrons. The number of ether oxygens (including phenoxy) is 1. The van der Waals surface area contributed by atoms with Gasteiger partial charge in [0.15, 0.2) is 5.65 Å². The smallest absolute Gasteiger partial charge is 0.341 e. The van der Waals surface area contributed by atoms with Gasteiger partial charge < -0.3 is 4.74 Å². The molecule has 1 aromatic carbocycles. The normalized spacial score (nSPS) is 11.6. The van der Waals surface area contributed by atoms with Crippen LogP contribution in [0.2, 0.25) is 5.02 Å². The van der Waals surface area contributed by atoms with Crippen molar-refractivity contribution in [2.75, 3.05) is 6.61 Å². The summed E-state index contributed by atoms with van der Waals surface area (Å²) in [6, 6.07) is 8.02. The number of esters is 1. The van der Waals surface area contributed by atoms with Gasteiger partial charge in [-0.2, -0.15) is 0 Å². The number of hydrogen-bond acceptors (Lipinski definition) is 5. The fraction of sp³-hybridized carbons (Fsp3) is 0.176. The molecule has 0 spiro atoms. The van der Waals surface area contributed by atoms with Gasteiger partial charge in [0.1, 0.15) is 0 Å². The van der Waals surface area contributed by atoms with Crippen LogP contribution in [-0.2, 0) is 14.8 Å². The summed E-state index contributed by atoms with van der Waals surface area (Å²) >= 11 is 6.25. The van der Waals surface area contributed by atoms with Gasteiger partial charge in [0, 0.05) is 17.8 Å². The lowest BCUT2D eigenvalue weighted by Crippen LogP contribution is -2.13. The van der Waals surface area contributed by atoms with Crippen LogP contribution in [0.25, 0.3) is 11.0 Å². The number of hydrogen-bond donors (Lipinski definition) is 0. The van der Waals surface area contributed by atoms with Gasteiger partial charge in [-0.3, -0.25) is 0 Å². The van der Waals surface area contributed by atoms with E-state index in [0.29, 0.717) is 5.39 Å². The maximum absolute atomic E-state index is 12.8. The molecule has 0 aliphatic rings. The molecule has 6 nitrogen and oxygen atoms in total. The van der Waals surface area contributed by atoms with Gasteiger partial charge in [0.05, 0.1) is 22.1 Å². The number of carbonyl (C=O) groups excluding carboxylic acids is 1. The molecule has 0 amide bonds. The maximum atomic E-state index is 12.8. The van der Waals surface area contributed by atoms with Gasteiger partial charge in [-0.25, -0.2) is 22.2 Å². The third-order valence-corrected chi connectivity index (χ3v) is 5.78. The second-order valence-electron chi connectivity index (χ2n) is 5.37. The Morgan fingerprint density at radius 1 is 1.24 bits per heavy atom. The quantitative estimate of drug-likeness (QED) is 0.650. The second kappa shape index (κ2) is 6.50.